The summed E-state index contributed by atoms with van der Waals surface area (Å²) >= 11 is 1.72. The molecule has 0 saturated carbocycles. The Morgan fingerprint density at radius 3 is 2.15 bits per heavy atom. The van der Waals surface area contributed by atoms with Gasteiger partial charge in [-0.2, -0.15) is 0 Å². The number of para-hydroxylation sites is 2. The summed E-state index contributed by atoms with van der Waals surface area (Å²) in [6.07, 6.45) is 0. The minimum absolute atomic E-state index is 0.192. The largest absolute Gasteiger partial charge is 0.506 e. The molecule has 0 aliphatic heterocycles. The van der Waals surface area contributed by atoms with Crippen LogP contribution in [0.25, 0.3) is 75.6 Å². The van der Waals surface area contributed by atoms with Crippen LogP contribution in [-0.4, -0.2) is 15.1 Å². The Hall–Kier alpha value is -5.06. The number of thiazole rings is 1. The zero-order chi connectivity index (χ0) is 26.6. The fourth-order valence-corrected chi connectivity index (χ4v) is 6.56. The highest BCUT2D eigenvalue weighted by atomic mass is 32.1. The van der Waals surface area contributed by atoms with Gasteiger partial charge in [-0.15, -0.1) is 11.3 Å². The molecular weight excluding hydrogens is 508 g/mol. The topological polar surface area (TPSA) is 46.0 Å². The number of hydrogen-bond donors (Lipinski definition) is 1. The first kappa shape index (κ1) is 22.9. The van der Waals surface area contributed by atoms with E-state index in [2.05, 4.69) is 97.1 Å². The average Bonchev–Trinajstić information content (AvgIpc) is 3.44. The van der Waals surface area contributed by atoms with E-state index in [1.165, 1.54) is 4.70 Å². The number of rotatable bonds is 3. The monoisotopic (exact) mass is 530 g/mol. The number of nitrogens with zero attached hydrogens (tertiary/aromatic N) is 2. The third-order valence-electron chi connectivity index (χ3n) is 7.58. The van der Waals surface area contributed by atoms with Gasteiger partial charge in [0.15, 0.2) is 0 Å². The number of benzene rings is 6. The highest BCUT2D eigenvalue weighted by Gasteiger charge is 2.14. The molecule has 40 heavy (non-hydrogen) atoms. The number of aromatic hydroxyl groups is 1. The molecule has 2 aromatic heterocycles. The van der Waals surface area contributed by atoms with Crippen LogP contribution in [0.2, 0.25) is 0 Å². The lowest BCUT2D eigenvalue weighted by atomic mass is 9.91. The maximum absolute atomic E-state index is 10.5. The van der Waals surface area contributed by atoms with Gasteiger partial charge in [-0.1, -0.05) is 91.0 Å². The van der Waals surface area contributed by atoms with Gasteiger partial charge >= 0.3 is 0 Å². The molecule has 8 aromatic rings. The van der Waals surface area contributed by atoms with Gasteiger partial charge in [-0.05, 0) is 69.1 Å². The first-order valence-corrected chi connectivity index (χ1v) is 14.0. The van der Waals surface area contributed by atoms with Gasteiger partial charge < -0.3 is 5.11 Å². The second-order valence-corrected chi connectivity index (χ2v) is 11.0. The fourth-order valence-electron chi connectivity index (χ4n) is 5.59. The molecule has 0 unspecified atom stereocenters. The molecule has 6 aromatic carbocycles. The summed E-state index contributed by atoms with van der Waals surface area (Å²) < 4.78 is 1.20. The Labute approximate surface area is 234 Å². The van der Waals surface area contributed by atoms with Crippen LogP contribution in [0.1, 0.15) is 0 Å². The zero-order valence-electron chi connectivity index (χ0n) is 21.4. The van der Waals surface area contributed by atoms with E-state index in [9.17, 15) is 5.11 Å². The van der Waals surface area contributed by atoms with Gasteiger partial charge in [-0.3, -0.25) is 0 Å². The summed E-state index contributed by atoms with van der Waals surface area (Å²) in [6, 6.07) is 43.9. The van der Waals surface area contributed by atoms with Crippen LogP contribution < -0.4 is 0 Å². The molecule has 1 N–H and O–H groups in total. The molecule has 0 amide bonds. The molecule has 0 saturated heterocycles. The number of fused-ring (bicyclic) bond motifs is 4. The van der Waals surface area contributed by atoms with Gasteiger partial charge in [0.05, 0.1) is 15.9 Å². The minimum Gasteiger partial charge on any atom is -0.506 e. The molecule has 0 bridgehead atoms. The van der Waals surface area contributed by atoms with Crippen molar-refractivity contribution < 1.29 is 5.11 Å². The standard InChI is InChI=1S/C36H22N2OS/c39-32-10-5-7-23-18-19-31(37-35(23)32)34-28-8-2-1-6-26(28)20-27-17-16-25(21-29(27)34)22-12-14-24(15-13-22)36-38-30-9-3-4-11-33(30)40-36/h1-21,39H. The molecule has 3 nitrogen and oxygen atoms in total. The van der Waals surface area contributed by atoms with Gasteiger partial charge in [-0.25, -0.2) is 9.97 Å². The third-order valence-corrected chi connectivity index (χ3v) is 8.66. The van der Waals surface area contributed by atoms with Crippen molar-refractivity contribution in [3.05, 3.63) is 127 Å². The molecule has 2 heterocycles. The highest BCUT2D eigenvalue weighted by molar-refractivity contribution is 7.21. The van der Waals surface area contributed by atoms with E-state index in [0.29, 0.717) is 5.52 Å². The summed E-state index contributed by atoms with van der Waals surface area (Å²) in [6.45, 7) is 0. The zero-order valence-corrected chi connectivity index (χ0v) is 22.2. The van der Waals surface area contributed by atoms with E-state index in [0.717, 1.165) is 65.4 Å². The Morgan fingerprint density at radius 1 is 0.525 bits per heavy atom. The van der Waals surface area contributed by atoms with Crippen molar-refractivity contribution in [2.75, 3.05) is 0 Å². The Morgan fingerprint density at radius 2 is 1.25 bits per heavy atom. The minimum atomic E-state index is 0.192. The third kappa shape index (κ3) is 3.73. The molecule has 8 rings (SSSR count). The molecule has 0 aliphatic carbocycles. The molecule has 0 fully saturated rings. The normalized spacial score (nSPS) is 11.6. The smallest absolute Gasteiger partial charge is 0.141 e. The Bertz CT molecular complexity index is 2200. The molecule has 0 aliphatic rings. The van der Waals surface area contributed by atoms with Crippen molar-refractivity contribution in [2.24, 2.45) is 0 Å². The van der Waals surface area contributed by atoms with E-state index in [4.69, 9.17) is 9.97 Å². The lowest BCUT2D eigenvalue weighted by Gasteiger charge is -2.14. The van der Waals surface area contributed by atoms with Crippen LogP contribution in [0.4, 0.5) is 0 Å². The predicted molar refractivity (Wildman–Crippen MR) is 168 cm³/mol. The first-order valence-electron chi connectivity index (χ1n) is 13.2. The number of aromatic nitrogens is 2. The van der Waals surface area contributed by atoms with Gasteiger partial charge in [0.2, 0.25) is 0 Å². The van der Waals surface area contributed by atoms with E-state index in [1.807, 2.05) is 24.3 Å². The summed E-state index contributed by atoms with van der Waals surface area (Å²) in [5, 5.41) is 17.1. The second kappa shape index (κ2) is 9.01. The Balaban J connectivity index is 1.29. The molecule has 0 atom stereocenters. The lowest BCUT2D eigenvalue weighted by molar-refractivity contribution is 0.480. The summed E-state index contributed by atoms with van der Waals surface area (Å²) in [4.78, 5) is 9.78. The highest BCUT2D eigenvalue weighted by Crippen LogP contribution is 2.39. The molecule has 0 spiro atoms. The van der Waals surface area contributed by atoms with E-state index < -0.39 is 0 Å². The van der Waals surface area contributed by atoms with Crippen molar-refractivity contribution >= 4 is 54.0 Å². The molecule has 188 valence electrons. The molecule has 0 radical (unpaired) electrons. The first-order chi connectivity index (χ1) is 19.7. The van der Waals surface area contributed by atoms with Crippen LogP contribution in [0.15, 0.2) is 127 Å². The van der Waals surface area contributed by atoms with Crippen molar-refractivity contribution in [1.82, 2.24) is 9.97 Å². The van der Waals surface area contributed by atoms with Crippen LogP contribution in [-0.2, 0) is 0 Å². The van der Waals surface area contributed by atoms with Crippen molar-refractivity contribution in [3.63, 3.8) is 0 Å². The van der Waals surface area contributed by atoms with Crippen LogP contribution >= 0.6 is 11.3 Å². The number of hydrogen-bond acceptors (Lipinski definition) is 4. The number of pyridine rings is 1. The summed E-state index contributed by atoms with van der Waals surface area (Å²) in [5.41, 5.74) is 6.99. The van der Waals surface area contributed by atoms with Crippen molar-refractivity contribution in [3.8, 4) is 38.7 Å². The van der Waals surface area contributed by atoms with Gasteiger partial charge in [0.25, 0.3) is 0 Å². The average molecular weight is 531 g/mol. The Kier molecular flexibility index (Phi) is 5.15. The van der Waals surface area contributed by atoms with Gasteiger partial charge in [0.1, 0.15) is 16.3 Å². The number of phenols is 1. The van der Waals surface area contributed by atoms with E-state index in [1.54, 1.807) is 17.4 Å². The van der Waals surface area contributed by atoms with Crippen LogP contribution in [0, 0.1) is 0 Å². The summed E-state index contributed by atoms with van der Waals surface area (Å²) in [7, 11) is 0. The quantitative estimate of drug-likeness (QED) is 0.231. The number of phenolic OH excluding ortho intramolecular Hbond substituents is 1. The van der Waals surface area contributed by atoms with Crippen molar-refractivity contribution in [1.29, 1.82) is 0 Å². The predicted octanol–water partition coefficient (Wildman–Crippen LogP) is 9.86. The SMILES string of the molecule is Oc1cccc2ccc(-c3c4ccccc4cc4ccc(-c5ccc(-c6nc7ccccc7s6)cc5)cc34)nc12. The van der Waals surface area contributed by atoms with Crippen LogP contribution in [0.5, 0.6) is 5.75 Å². The summed E-state index contributed by atoms with van der Waals surface area (Å²) in [5.74, 6) is 0.192. The van der Waals surface area contributed by atoms with E-state index >= 15 is 0 Å². The fraction of sp³-hybridized carbons (Fsp3) is 0. The maximum Gasteiger partial charge on any atom is 0.141 e. The van der Waals surface area contributed by atoms with E-state index in [-0.39, 0.29) is 5.75 Å². The van der Waals surface area contributed by atoms with Crippen molar-refractivity contribution in [2.45, 2.75) is 0 Å². The second-order valence-electron chi connectivity index (χ2n) is 10.0. The van der Waals surface area contributed by atoms with Crippen LogP contribution in [0.3, 0.4) is 0 Å². The molecular formula is C36H22N2OS. The molecule has 4 heteroatoms. The lowest BCUT2D eigenvalue weighted by Crippen LogP contribution is -1.91. The van der Waals surface area contributed by atoms with Gasteiger partial charge in [0, 0.05) is 16.5 Å². The maximum atomic E-state index is 10.5.